The number of rotatable bonds is 6. The van der Waals surface area contributed by atoms with E-state index in [0.717, 1.165) is 12.2 Å². The Hall–Kier alpha value is -3.32. The molecule has 0 aliphatic carbocycles. The van der Waals surface area contributed by atoms with Crippen molar-refractivity contribution in [2.24, 2.45) is 0 Å². The average molecular weight is 379 g/mol. The summed E-state index contributed by atoms with van der Waals surface area (Å²) in [4.78, 5) is 0. The molecule has 1 heteroatoms. The quantitative estimate of drug-likeness (QED) is 0.344. The van der Waals surface area contributed by atoms with E-state index in [1.165, 1.54) is 27.8 Å². The average Bonchev–Trinajstić information content (AvgIpc) is 2.80. The van der Waals surface area contributed by atoms with Gasteiger partial charge in [-0.25, -0.2) is 0 Å². The van der Waals surface area contributed by atoms with Crippen LogP contribution in [0.25, 0.3) is 0 Å². The predicted molar refractivity (Wildman–Crippen MR) is 121 cm³/mol. The Balaban J connectivity index is 2.00. The van der Waals surface area contributed by atoms with E-state index in [0.29, 0.717) is 0 Å². The summed E-state index contributed by atoms with van der Waals surface area (Å²) < 4.78 is 5.43. The third kappa shape index (κ3) is 3.69. The van der Waals surface area contributed by atoms with E-state index < -0.39 is 0 Å². The Morgan fingerprint density at radius 2 is 1.07 bits per heavy atom. The molecule has 0 aromatic heterocycles. The van der Waals surface area contributed by atoms with Crippen molar-refractivity contribution in [2.45, 2.75) is 18.8 Å². The number of ether oxygens (including phenoxy) is 1. The molecule has 0 radical (unpaired) electrons. The van der Waals surface area contributed by atoms with Gasteiger partial charge in [0.15, 0.2) is 0 Å². The number of hydrogen-bond acceptors (Lipinski definition) is 1. The molecule has 4 rings (SSSR count). The van der Waals surface area contributed by atoms with Crippen molar-refractivity contribution in [3.63, 3.8) is 0 Å². The van der Waals surface area contributed by atoms with Crippen LogP contribution >= 0.6 is 0 Å². The van der Waals surface area contributed by atoms with Crippen LogP contribution in [0.5, 0.6) is 5.75 Å². The molecule has 0 amide bonds. The molecule has 0 fully saturated rings. The molecule has 0 saturated heterocycles. The van der Waals surface area contributed by atoms with Gasteiger partial charge < -0.3 is 4.74 Å². The first-order valence-corrected chi connectivity index (χ1v) is 10.0. The molecule has 0 spiro atoms. The number of hydrogen-bond donors (Lipinski definition) is 0. The van der Waals surface area contributed by atoms with Gasteiger partial charge in [0.1, 0.15) is 5.75 Å². The molecule has 0 aliphatic rings. The molecule has 0 unspecified atom stereocenters. The van der Waals surface area contributed by atoms with Gasteiger partial charge in [0.2, 0.25) is 0 Å². The summed E-state index contributed by atoms with van der Waals surface area (Å²) in [5.74, 6) is 0.875. The van der Waals surface area contributed by atoms with E-state index >= 15 is 0 Å². The molecule has 4 aromatic rings. The third-order valence-corrected chi connectivity index (χ3v) is 5.83. The summed E-state index contributed by atoms with van der Waals surface area (Å²) in [5, 5.41) is 0. The summed E-state index contributed by atoms with van der Waals surface area (Å²) in [6.45, 7) is 2.20. The van der Waals surface area contributed by atoms with E-state index in [1.807, 2.05) is 0 Å². The summed E-state index contributed by atoms with van der Waals surface area (Å²) in [7, 11) is 1.71. The molecule has 0 aliphatic heterocycles. The maximum atomic E-state index is 5.43. The highest BCUT2D eigenvalue weighted by Crippen LogP contribution is 2.43. The molecule has 0 bridgehead atoms. The maximum Gasteiger partial charge on any atom is 0.118 e. The van der Waals surface area contributed by atoms with Crippen molar-refractivity contribution in [3.05, 3.63) is 137 Å². The van der Waals surface area contributed by atoms with Crippen LogP contribution in [0.3, 0.4) is 0 Å². The van der Waals surface area contributed by atoms with Crippen molar-refractivity contribution in [1.29, 1.82) is 0 Å². The first-order chi connectivity index (χ1) is 14.2. The second kappa shape index (κ2) is 8.36. The molecule has 1 nitrogen and oxygen atoms in total. The highest BCUT2D eigenvalue weighted by molar-refractivity contribution is 5.53. The molecular formula is C28H26O. The minimum atomic E-state index is -0.291. The smallest absolute Gasteiger partial charge is 0.118 e. The summed E-state index contributed by atoms with van der Waals surface area (Å²) in [5.41, 5.74) is 6.23. The standard InChI is InChI=1S/C28H26O/c1-22-11-9-10-12-23(22)21-28(24-13-5-3-6-14-24,25-15-7-4-8-16-25)26-17-19-27(29-2)20-18-26/h3-20H,21H2,1-2H3. The Morgan fingerprint density at radius 1 is 0.586 bits per heavy atom. The Bertz CT molecular complexity index is 1010. The second-order valence-electron chi connectivity index (χ2n) is 7.47. The zero-order chi connectivity index (χ0) is 20.1. The van der Waals surface area contributed by atoms with Gasteiger partial charge in [-0.1, -0.05) is 97.1 Å². The lowest BCUT2D eigenvalue weighted by Crippen LogP contribution is -2.32. The van der Waals surface area contributed by atoms with Gasteiger partial charge in [-0.05, 0) is 53.3 Å². The van der Waals surface area contributed by atoms with Gasteiger partial charge in [-0.15, -0.1) is 0 Å². The van der Waals surface area contributed by atoms with Crippen molar-refractivity contribution >= 4 is 0 Å². The van der Waals surface area contributed by atoms with Gasteiger partial charge in [0, 0.05) is 5.41 Å². The highest BCUT2D eigenvalue weighted by Gasteiger charge is 2.36. The van der Waals surface area contributed by atoms with Crippen LogP contribution in [-0.4, -0.2) is 7.11 Å². The minimum absolute atomic E-state index is 0.291. The predicted octanol–water partition coefficient (Wildman–Crippen LogP) is 6.58. The maximum absolute atomic E-state index is 5.43. The van der Waals surface area contributed by atoms with Crippen LogP contribution in [0.2, 0.25) is 0 Å². The number of benzene rings is 4. The molecule has 4 aromatic carbocycles. The van der Waals surface area contributed by atoms with Crippen molar-refractivity contribution in [1.82, 2.24) is 0 Å². The van der Waals surface area contributed by atoms with E-state index in [1.54, 1.807) is 7.11 Å². The van der Waals surface area contributed by atoms with Gasteiger partial charge in [-0.2, -0.15) is 0 Å². The lowest BCUT2D eigenvalue weighted by atomic mass is 9.65. The zero-order valence-electron chi connectivity index (χ0n) is 17.0. The Morgan fingerprint density at radius 3 is 1.59 bits per heavy atom. The monoisotopic (exact) mass is 378 g/mol. The minimum Gasteiger partial charge on any atom is -0.497 e. The molecular weight excluding hydrogens is 352 g/mol. The topological polar surface area (TPSA) is 9.23 Å². The van der Waals surface area contributed by atoms with Crippen molar-refractivity contribution in [3.8, 4) is 5.75 Å². The fourth-order valence-corrected chi connectivity index (χ4v) is 4.22. The van der Waals surface area contributed by atoms with E-state index in [9.17, 15) is 0 Å². The van der Waals surface area contributed by atoms with Crippen LogP contribution in [0, 0.1) is 6.92 Å². The van der Waals surface area contributed by atoms with Gasteiger partial charge in [0.05, 0.1) is 7.11 Å². The second-order valence-corrected chi connectivity index (χ2v) is 7.47. The molecule has 0 heterocycles. The normalized spacial score (nSPS) is 11.2. The first-order valence-electron chi connectivity index (χ1n) is 10.0. The largest absolute Gasteiger partial charge is 0.497 e. The van der Waals surface area contributed by atoms with E-state index in [2.05, 4.69) is 116 Å². The number of aryl methyl sites for hydroxylation is 1. The number of methoxy groups -OCH3 is 1. The third-order valence-electron chi connectivity index (χ3n) is 5.83. The SMILES string of the molecule is COc1ccc(C(Cc2ccccc2C)(c2ccccc2)c2ccccc2)cc1. The molecule has 0 saturated carbocycles. The van der Waals surface area contributed by atoms with Crippen LogP contribution in [0.15, 0.2) is 109 Å². The lowest BCUT2D eigenvalue weighted by Gasteiger charge is -2.37. The fraction of sp³-hybridized carbons (Fsp3) is 0.143. The van der Waals surface area contributed by atoms with Crippen LogP contribution in [-0.2, 0) is 11.8 Å². The van der Waals surface area contributed by atoms with Crippen molar-refractivity contribution in [2.75, 3.05) is 7.11 Å². The van der Waals surface area contributed by atoms with Crippen molar-refractivity contribution < 1.29 is 4.74 Å². The van der Waals surface area contributed by atoms with Crippen LogP contribution in [0.1, 0.15) is 27.8 Å². The first kappa shape index (κ1) is 19.0. The Labute approximate surface area is 173 Å². The Kier molecular flexibility index (Phi) is 5.48. The van der Waals surface area contributed by atoms with E-state index in [-0.39, 0.29) is 5.41 Å². The summed E-state index contributed by atoms with van der Waals surface area (Å²) >= 11 is 0. The van der Waals surface area contributed by atoms with Gasteiger partial charge >= 0.3 is 0 Å². The molecule has 144 valence electrons. The lowest BCUT2D eigenvalue weighted by molar-refractivity contribution is 0.414. The van der Waals surface area contributed by atoms with E-state index in [4.69, 9.17) is 4.74 Å². The molecule has 29 heavy (non-hydrogen) atoms. The van der Waals surface area contributed by atoms with Gasteiger partial charge in [0.25, 0.3) is 0 Å². The van der Waals surface area contributed by atoms with Crippen LogP contribution < -0.4 is 4.74 Å². The summed E-state index contributed by atoms with van der Waals surface area (Å²) in [6, 6.07) is 38.9. The van der Waals surface area contributed by atoms with Gasteiger partial charge in [-0.3, -0.25) is 0 Å². The zero-order valence-corrected chi connectivity index (χ0v) is 17.0. The molecule has 0 atom stereocenters. The highest BCUT2D eigenvalue weighted by atomic mass is 16.5. The fourth-order valence-electron chi connectivity index (χ4n) is 4.22. The summed E-state index contributed by atoms with van der Waals surface area (Å²) in [6.07, 6.45) is 0.889. The van der Waals surface area contributed by atoms with Crippen LogP contribution in [0.4, 0.5) is 0 Å². The molecule has 0 N–H and O–H groups in total.